The highest BCUT2D eigenvalue weighted by atomic mass is 19.1. The van der Waals surface area contributed by atoms with Crippen molar-refractivity contribution in [3.63, 3.8) is 0 Å². The highest BCUT2D eigenvalue weighted by Crippen LogP contribution is 2.40. The number of aliphatic carboxylic acids is 1. The van der Waals surface area contributed by atoms with E-state index in [1.54, 1.807) is 26.4 Å². The summed E-state index contributed by atoms with van der Waals surface area (Å²) < 4.78 is 24.5. The van der Waals surface area contributed by atoms with E-state index in [0.29, 0.717) is 49.8 Å². The zero-order chi connectivity index (χ0) is 26.0. The minimum atomic E-state index is -0.905. The zero-order valence-corrected chi connectivity index (χ0v) is 21.4. The highest BCUT2D eigenvalue weighted by molar-refractivity contribution is 5.93. The molecule has 37 heavy (non-hydrogen) atoms. The Bertz CT molecular complexity index is 1270. The second-order valence-corrected chi connectivity index (χ2v) is 10.00. The topological polar surface area (TPSA) is 88.0 Å². The number of aromatic nitrogens is 2. The van der Waals surface area contributed by atoms with Gasteiger partial charge in [0, 0.05) is 37.6 Å². The molecule has 2 aliphatic heterocycles. The van der Waals surface area contributed by atoms with Gasteiger partial charge in [0.2, 0.25) is 5.95 Å². The average Bonchev–Trinajstić information content (AvgIpc) is 2.93. The number of fused-ring (bicyclic) bond motifs is 1. The van der Waals surface area contributed by atoms with Crippen molar-refractivity contribution in [2.75, 3.05) is 50.2 Å². The number of carboxylic acid groups (broad SMARTS) is 1. The minimum absolute atomic E-state index is 0.324. The molecule has 2 saturated heterocycles. The lowest BCUT2D eigenvalue weighted by atomic mass is 9.74. The molecule has 0 spiro atoms. The molecule has 0 unspecified atom stereocenters. The Balaban J connectivity index is 1.46. The Morgan fingerprint density at radius 3 is 2.22 bits per heavy atom. The number of benzene rings is 2. The third-order valence-corrected chi connectivity index (χ3v) is 7.74. The van der Waals surface area contributed by atoms with Gasteiger partial charge in [0.05, 0.1) is 25.2 Å². The number of ether oxygens (including phenoxy) is 2. The number of hydrogen-bond donors (Lipinski definition) is 1. The van der Waals surface area contributed by atoms with Crippen molar-refractivity contribution in [1.82, 2.24) is 9.97 Å². The molecule has 0 atom stereocenters. The molecule has 0 saturated carbocycles. The number of rotatable bonds is 7. The van der Waals surface area contributed by atoms with Gasteiger partial charge in [-0.05, 0) is 62.3 Å². The molecule has 3 aromatic rings. The van der Waals surface area contributed by atoms with Crippen LogP contribution in [0.5, 0.6) is 11.5 Å². The number of anilines is 2. The van der Waals surface area contributed by atoms with E-state index in [9.17, 15) is 14.3 Å². The van der Waals surface area contributed by atoms with Crippen LogP contribution in [0.2, 0.25) is 0 Å². The molecule has 0 radical (unpaired) electrons. The van der Waals surface area contributed by atoms with E-state index in [1.807, 2.05) is 12.1 Å². The summed E-state index contributed by atoms with van der Waals surface area (Å²) in [7, 11) is 3.22. The number of hydrogen-bond acceptors (Lipinski definition) is 7. The Morgan fingerprint density at radius 2 is 1.59 bits per heavy atom. The molecule has 3 heterocycles. The van der Waals surface area contributed by atoms with E-state index in [0.717, 1.165) is 48.2 Å². The van der Waals surface area contributed by atoms with Gasteiger partial charge < -0.3 is 24.4 Å². The molecular weight excluding hydrogens is 475 g/mol. The van der Waals surface area contributed by atoms with Crippen molar-refractivity contribution in [1.29, 1.82) is 0 Å². The van der Waals surface area contributed by atoms with Gasteiger partial charge in [0.15, 0.2) is 11.5 Å². The lowest BCUT2D eigenvalue weighted by Crippen LogP contribution is -2.46. The second-order valence-electron chi connectivity index (χ2n) is 10.00. The lowest BCUT2D eigenvalue weighted by molar-refractivity contribution is -0.150. The molecular formula is C28H33FN4O4. The van der Waals surface area contributed by atoms with E-state index in [-0.39, 0.29) is 5.82 Å². The number of piperidine rings is 2. The first-order chi connectivity index (χ1) is 17.9. The normalized spacial score (nSPS) is 17.6. The summed E-state index contributed by atoms with van der Waals surface area (Å²) >= 11 is 0. The highest BCUT2D eigenvalue weighted by Gasteiger charge is 2.42. The Hall–Kier alpha value is -3.62. The summed E-state index contributed by atoms with van der Waals surface area (Å²) in [5.41, 5.74) is 0.689. The van der Waals surface area contributed by atoms with Crippen LogP contribution in [-0.2, 0) is 11.2 Å². The standard InChI is InChI=1S/C28H33FN4O4/c1-36-23-16-21-22(17-24(23)37-2)30-27(31-25(21)32-12-4-3-5-13-32)33-14-10-28(11-15-33,26(34)35)18-19-6-8-20(29)9-7-19/h6-9,16-17H,3-5,10-15,18H2,1-2H3,(H,34,35). The van der Waals surface area contributed by atoms with E-state index in [1.165, 1.54) is 18.6 Å². The fourth-order valence-corrected chi connectivity index (χ4v) is 5.51. The Kier molecular flexibility index (Phi) is 7.04. The van der Waals surface area contributed by atoms with Crippen LogP contribution in [0.4, 0.5) is 16.2 Å². The summed E-state index contributed by atoms with van der Waals surface area (Å²) in [5.74, 6) is 1.57. The van der Waals surface area contributed by atoms with Crippen molar-refractivity contribution in [2.45, 2.75) is 38.5 Å². The minimum Gasteiger partial charge on any atom is -0.493 e. The first-order valence-corrected chi connectivity index (χ1v) is 12.8. The number of halogens is 1. The van der Waals surface area contributed by atoms with Gasteiger partial charge in [-0.15, -0.1) is 0 Å². The van der Waals surface area contributed by atoms with Crippen LogP contribution in [0.3, 0.4) is 0 Å². The van der Waals surface area contributed by atoms with Crippen LogP contribution in [0.25, 0.3) is 10.9 Å². The van der Waals surface area contributed by atoms with Crippen LogP contribution in [-0.4, -0.2) is 61.4 Å². The molecule has 0 amide bonds. The molecule has 0 bridgehead atoms. The van der Waals surface area contributed by atoms with Crippen LogP contribution in [0.15, 0.2) is 36.4 Å². The Morgan fingerprint density at radius 1 is 0.946 bits per heavy atom. The predicted octanol–water partition coefficient (Wildman–Crippen LogP) is 4.69. The van der Waals surface area contributed by atoms with Gasteiger partial charge in [-0.25, -0.2) is 9.37 Å². The first kappa shape index (κ1) is 25.0. The summed E-state index contributed by atoms with van der Waals surface area (Å²) in [4.78, 5) is 26.7. The molecule has 1 aromatic heterocycles. The van der Waals surface area contributed by atoms with Crippen molar-refractivity contribution in [3.8, 4) is 11.5 Å². The summed E-state index contributed by atoms with van der Waals surface area (Å²) in [6.45, 7) is 2.90. The maximum absolute atomic E-state index is 13.4. The molecule has 2 aromatic carbocycles. The number of carbonyl (C=O) groups is 1. The van der Waals surface area contributed by atoms with Gasteiger partial charge in [-0.1, -0.05) is 12.1 Å². The van der Waals surface area contributed by atoms with Crippen LogP contribution < -0.4 is 19.3 Å². The largest absolute Gasteiger partial charge is 0.493 e. The monoisotopic (exact) mass is 508 g/mol. The molecule has 1 N–H and O–H groups in total. The quantitative estimate of drug-likeness (QED) is 0.492. The van der Waals surface area contributed by atoms with E-state index in [2.05, 4.69) is 9.80 Å². The van der Waals surface area contributed by atoms with E-state index in [4.69, 9.17) is 19.4 Å². The fourth-order valence-electron chi connectivity index (χ4n) is 5.51. The first-order valence-electron chi connectivity index (χ1n) is 12.8. The third kappa shape index (κ3) is 4.99. The summed E-state index contributed by atoms with van der Waals surface area (Å²) in [6.07, 6.45) is 4.70. The molecule has 196 valence electrons. The van der Waals surface area contributed by atoms with Crippen LogP contribution in [0.1, 0.15) is 37.7 Å². The van der Waals surface area contributed by atoms with Crippen molar-refractivity contribution in [2.24, 2.45) is 5.41 Å². The average molecular weight is 509 g/mol. The van der Waals surface area contributed by atoms with Crippen LogP contribution >= 0.6 is 0 Å². The maximum atomic E-state index is 13.4. The maximum Gasteiger partial charge on any atom is 0.310 e. The van der Waals surface area contributed by atoms with E-state index >= 15 is 0 Å². The fraction of sp³-hybridized carbons (Fsp3) is 0.464. The zero-order valence-electron chi connectivity index (χ0n) is 21.4. The number of nitrogens with zero attached hydrogens (tertiary/aromatic N) is 4. The number of methoxy groups -OCH3 is 2. The summed E-state index contributed by atoms with van der Waals surface area (Å²) in [6, 6.07) is 9.93. The summed E-state index contributed by atoms with van der Waals surface area (Å²) in [5, 5.41) is 11.1. The predicted molar refractivity (Wildman–Crippen MR) is 140 cm³/mol. The molecule has 2 fully saturated rings. The molecule has 2 aliphatic rings. The van der Waals surface area contributed by atoms with Crippen molar-refractivity contribution >= 4 is 28.6 Å². The van der Waals surface area contributed by atoms with E-state index < -0.39 is 11.4 Å². The smallest absolute Gasteiger partial charge is 0.310 e. The second kappa shape index (κ2) is 10.4. The Labute approximate surface area is 216 Å². The van der Waals surface area contributed by atoms with Gasteiger partial charge in [-0.2, -0.15) is 4.98 Å². The molecule has 9 heteroatoms. The SMILES string of the molecule is COc1cc2nc(N3CCC(Cc4ccc(F)cc4)(C(=O)O)CC3)nc(N3CCCCC3)c2cc1OC. The van der Waals surface area contributed by atoms with Gasteiger partial charge in [-0.3, -0.25) is 4.79 Å². The van der Waals surface area contributed by atoms with Gasteiger partial charge in [0.25, 0.3) is 0 Å². The lowest BCUT2D eigenvalue weighted by Gasteiger charge is -2.39. The third-order valence-electron chi connectivity index (χ3n) is 7.74. The number of carboxylic acids is 1. The van der Waals surface area contributed by atoms with Gasteiger partial charge >= 0.3 is 5.97 Å². The van der Waals surface area contributed by atoms with Crippen molar-refractivity contribution < 1.29 is 23.8 Å². The molecule has 8 nitrogen and oxygen atoms in total. The van der Waals surface area contributed by atoms with Gasteiger partial charge in [0.1, 0.15) is 11.6 Å². The molecule has 5 rings (SSSR count). The molecule has 0 aliphatic carbocycles. The van der Waals surface area contributed by atoms with Crippen molar-refractivity contribution in [3.05, 3.63) is 47.8 Å². The van der Waals surface area contributed by atoms with Crippen LogP contribution in [0, 0.1) is 11.2 Å².